The van der Waals surface area contributed by atoms with E-state index in [1.54, 1.807) is 7.11 Å². The van der Waals surface area contributed by atoms with Gasteiger partial charge < -0.3 is 15.4 Å². The molecule has 0 aliphatic carbocycles. The van der Waals surface area contributed by atoms with Gasteiger partial charge in [-0.3, -0.25) is 4.90 Å². The first-order valence-electron chi connectivity index (χ1n) is 9.35. The first-order valence-corrected chi connectivity index (χ1v) is 9.35. The van der Waals surface area contributed by atoms with Crippen molar-refractivity contribution in [1.29, 1.82) is 0 Å². The molecule has 1 fully saturated rings. The molecule has 0 spiro atoms. The van der Waals surface area contributed by atoms with Crippen molar-refractivity contribution in [2.45, 2.75) is 38.5 Å². The Morgan fingerprint density at radius 3 is 2.63 bits per heavy atom. The highest BCUT2D eigenvalue weighted by Gasteiger charge is 2.29. The highest BCUT2D eigenvalue weighted by atomic mass is 19.4. The molecule has 1 unspecified atom stereocenters. The number of aliphatic imine (C=N–C) groups is 1. The van der Waals surface area contributed by atoms with E-state index in [4.69, 9.17) is 4.74 Å². The summed E-state index contributed by atoms with van der Waals surface area (Å²) in [5.41, 5.74) is 0.0976. The van der Waals surface area contributed by atoms with Gasteiger partial charge >= 0.3 is 6.18 Å². The number of alkyl halides is 3. The molecule has 1 heterocycles. The first kappa shape index (κ1) is 21.5. The molecule has 1 saturated heterocycles. The summed E-state index contributed by atoms with van der Waals surface area (Å²) in [6.45, 7) is 6.52. The van der Waals surface area contributed by atoms with E-state index in [9.17, 15) is 13.2 Å². The number of nitrogens with zero attached hydrogens (tertiary/aromatic N) is 2. The van der Waals surface area contributed by atoms with Gasteiger partial charge in [0.15, 0.2) is 5.96 Å². The third-order valence-electron chi connectivity index (χ3n) is 4.63. The zero-order chi connectivity index (χ0) is 19.7. The summed E-state index contributed by atoms with van der Waals surface area (Å²) in [7, 11) is 1.71. The monoisotopic (exact) mass is 386 g/mol. The van der Waals surface area contributed by atoms with Gasteiger partial charge in [0, 0.05) is 32.8 Å². The molecule has 0 saturated carbocycles. The molecule has 2 N–H and O–H groups in total. The molecule has 0 aromatic heterocycles. The van der Waals surface area contributed by atoms with Crippen LogP contribution >= 0.6 is 0 Å². The predicted octanol–water partition coefficient (Wildman–Crippen LogP) is 2.87. The molecule has 1 aliphatic heterocycles. The van der Waals surface area contributed by atoms with Crippen LogP contribution in [-0.4, -0.2) is 56.8 Å². The van der Waals surface area contributed by atoms with Gasteiger partial charge in [0.25, 0.3) is 0 Å². The van der Waals surface area contributed by atoms with Crippen LogP contribution in [0.4, 0.5) is 13.2 Å². The molecule has 1 aromatic carbocycles. The second-order valence-corrected chi connectivity index (χ2v) is 6.60. The van der Waals surface area contributed by atoms with Crippen molar-refractivity contribution in [3.8, 4) is 0 Å². The normalized spacial score (nSPS) is 18.7. The number of nitrogens with one attached hydrogen (secondary N) is 2. The van der Waals surface area contributed by atoms with E-state index in [-0.39, 0.29) is 0 Å². The number of likely N-dealkylation sites (tertiary alicyclic amines) is 1. The number of hydrogen-bond donors (Lipinski definition) is 2. The third-order valence-corrected chi connectivity index (χ3v) is 4.63. The Morgan fingerprint density at radius 1 is 1.26 bits per heavy atom. The summed E-state index contributed by atoms with van der Waals surface area (Å²) >= 11 is 0. The van der Waals surface area contributed by atoms with Crippen molar-refractivity contribution in [3.05, 3.63) is 35.4 Å². The predicted molar refractivity (Wildman–Crippen MR) is 101 cm³/mol. The van der Waals surface area contributed by atoms with E-state index < -0.39 is 11.7 Å². The number of benzene rings is 1. The largest absolute Gasteiger partial charge is 0.416 e. The molecule has 1 aromatic rings. The minimum absolute atomic E-state index is 0.325. The molecule has 0 amide bonds. The quantitative estimate of drug-likeness (QED) is 0.533. The summed E-state index contributed by atoms with van der Waals surface area (Å²) in [5.74, 6) is 0.677. The van der Waals surface area contributed by atoms with Gasteiger partial charge in [0.05, 0.1) is 18.7 Å². The Bertz CT molecular complexity index is 590. The lowest BCUT2D eigenvalue weighted by Crippen LogP contribution is -2.45. The van der Waals surface area contributed by atoms with Crippen LogP contribution < -0.4 is 10.6 Å². The van der Waals surface area contributed by atoms with Crippen molar-refractivity contribution >= 4 is 5.96 Å². The van der Waals surface area contributed by atoms with E-state index in [2.05, 4.69) is 20.5 Å². The average molecular weight is 386 g/mol. The minimum atomic E-state index is -4.31. The van der Waals surface area contributed by atoms with Crippen LogP contribution in [0.1, 0.15) is 30.9 Å². The maximum Gasteiger partial charge on any atom is 0.416 e. The van der Waals surface area contributed by atoms with E-state index in [0.717, 1.165) is 56.9 Å². The van der Waals surface area contributed by atoms with Gasteiger partial charge in [0.2, 0.25) is 0 Å². The molecule has 0 bridgehead atoms. The van der Waals surface area contributed by atoms with Gasteiger partial charge in [-0.05, 0) is 44.0 Å². The van der Waals surface area contributed by atoms with Crippen molar-refractivity contribution < 1.29 is 17.9 Å². The highest BCUT2D eigenvalue weighted by molar-refractivity contribution is 5.79. The first-order chi connectivity index (χ1) is 12.9. The summed E-state index contributed by atoms with van der Waals surface area (Å²) < 4.78 is 43.1. The summed E-state index contributed by atoms with van der Waals surface area (Å²) in [6.07, 6.45) is -2.00. The van der Waals surface area contributed by atoms with Crippen molar-refractivity contribution in [1.82, 2.24) is 15.5 Å². The van der Waals surface area contributed by atoms with Crippen LogP contribution in [0.2, 0.25) is 0 Å². The minimum Gasteiger partial charge on any atom is -0.383 e. The summed E-state index contributed by atoms with van der Waals surface area (Å²) in [6, 6.07) is 5.57. The molecule has 1 aliphatic rings. The molecule has 2 rings (SSSR count). The Balaban J connectivity index is 1.90. The van der Waals surface area contributed by atoms with Crippen LogP contribution in [0.5, 0.6) is 0 Å². The lowest BCUT2D eigenvalue weighted by Gasteiger charge is -2.25. The molecule has 1 atom stereocenters. The van der Waals surface area contributed by atoms with Crippen LogP contribution in [0.3, 0.4) is 0 Å². The summed E-state index contributed by atoms with van der Waals surface area (Å²) in [5, 5.41) is 6.54. The van der Waals surface area contributed by atoms with Gasteiger partial charge in [-0.25, -0.2) is 4.99 Å². The van der Waals surface area contributed by atoms with E-state index >= 15 is 0 Å². The molecule has 8 heteroatoms. The van der Waals surface area contributed by atoms with Gasteiger partial charge in [-0.1, -0.05) is 12.1 Å². The Hall–Kier alpha value is -1.80. The molecule has 5 nitrogen and oxygen atoms in total. The number of ether oxygens (including phenoxy) is 1. The van der Waals surface area contributed by atoms with E-state index in [0.29, 0.717) is 18.5 Å². The molecule has 0 radical (unpaired) electrons. The van der Waals surface area contributed by atoms with Crippen LogP contribution in [0, 0.1) is 0 Å². The Labute approximate surface area is 159 Å². The molecule has 152 valence electrons. The average Bonchev–Trinajstić information content (AvgIpc) is 3.09. The van der Waals surface area contributed by atoms with Crippen molar-refractivity contribution in [2.24, 2.45) is 4.99 Å². The standard InChI is InChI=1S/C19H29F3N4O/c1-3-23-18(25-14-17-5-4-10-26(17)11-12-27-2)24-13-15-6-8-16(9-7-15)19(20,21)22/h6-9,17H,3-5,10-14H2,1-2H3,(H2,23,24,25). The van der Waals surface area contributed by atoms with E-state index in [1.165, 1.54) is 18.6 Å². The van der Waals surface area contributed by atoms with Crippen molar-refractivity contribution in [3.63, 3.8) is 0 Å². The van der Waals surface area contributed by atoms with Gasteiger partial charge in [-0.15, -0.1) is 0 Å². The number of halogens is 3. The van der Waals surface area contributed by atoms with Gasteiger partial charge in [-0.2, -0.15) is 13.2 Å². The molecular weight excluding hydrogens is 357 g/mol. The number of methoxy groups -OCH3 is 1. The Kier molecular flexibility index (Phi) is 8.37. The summed E-state index contributed by atoms with van der Waals surface area (Å²) in [4.78, 5) is 6.91. The number of hydrogen-bond acceptors (Lipinski definition) is 3. The fourth-order valence-corrected chi connectivity index (χ4v) is 3.15. The highest BCUT2D eigenvalue weighted by Crippen LogP contribution is 2.29. The van der Waals surface area contributed by atoms with Gasteiger partial charge in [0.1, 0.15) is 0 Å². The zero-order valence-electron chi connectivity index (χ0n) is 16.0. The topological polar surface area (TPSA) is 48.9 Å². The van der Waals surface area contributed by atoms with E-state index in [1.807, 2.05) is 6.92 Å². The third kappa shape index (κ3) is 7.03. The van der Waals surface area contributed by atoms with Crippen LogP contribution in [0.25, 0.3) is 0 Å². The fraction of sp³-hybridized carbons (Fsp3) is 0.632. The molecule has 27 heavy (non-hydrogen) atoms. The van der Waals surface area contributed by atoms with Crippen LogP contribution in [0.15, 0.2) is 29.3 Å². The lowest BCUT2D eigenvalue weighted by atomic mass is 10.1. The molecular formula is C19H29F3N4O. The fourth-order valence-electron chi connectivity index (χ4n) is 3.15. The maximum absolute atomic E-state index is 12.6. The lowest BCUT2D eigenvalue weighted by molar-refractivity contribution is -0.137. The Morgan fingerprint density at radius 2 is 2.00 bits per heavy atom. The SMILES string of the molecule is CCNC(=NCc1ccc(C(F)(F)F)cc1)NCC1CCCN1CCOC. The van der Waals surface area contributed by atoms with Crippen LogP contribution in [-0.2, 0) is 17.5 Å². The maximum atomic E-state index is 12.6. The second kappa shape index (κ2) is 10.5. The number of guanidine groups is 1. The smallest absolute Gasteiger partial charge is 0.383 e. The van der Waals surface area contributed by atoms with Crippen molar-refractivity contribution in [2.75, 3.05) is 39.9 Å². The second-order valence-electron chi connectivity index (χ2n) is 6.60. The zero-order valence-corrected chi connectivity index (χ0v) is 16.0. The number of rotatable bonds is 8.